The van der Waals surface area contributed by atoms with Crippen molar-refractivity contribution in [3.8, 4) is 0 Å². The van der Waals surface area contributed by atoms with Gasteiger partial charge in [0.05, 0.1) is 11.8 Å². The number of amides is 1. The first-order valence-corrected chi connectivity index (χ1v) is 9.63. The second-order valence-corrected chi connectivity index (χ2v) is 7.91. The van der Waals surface area contributed by atoms with Gasteiger partial charge in [0.25, 0.3) is 0 Å². The number of halogens is 1. The van der Waals surface area contributed by atoms with E-state index in [0.717, 1.165) is 31.6 Å². The smallest absolute Gasteiger partial charge is 0.307 e. The Hall–Kier alpha value is -2.01. The molecular weight excluding hydrogens is 352 g/mol. The Morgan fingerprint density at radius 1 is 1.00 bits per heavy atom. The standard InChI is InChI=1S/C20H23ClN2O3/c21-15-2-1-3-16(12-15)22-8-10-23(11-9-22)19(24)17-13-4-6-14(7-5-13)18(17)20(25)26/h1-4,6,12-14,17-18H,5,7-11H2,(H,25,26)/t13-,14+,17-,18-/m0/s1. The van der Waals surface area contributed by atoms with E-state index < -0.39 is 17.8 Å². The van der Waals surface area contributed by atoms with E-state index in [2.05, 4.69) is 11.0 Å². The molecule has 1 amide bonds. The highest BCUT2D eigenvalue weighted by Crippen LogP contribution is 2.45. The maximum atomic E-state index is 13.1. The number of allylic oxidation sites excluding steroid dienone is 2. The molecule has 1 N–H and O–H groups in total. The number of carboxylic acid groups (broad SMARTS) is 1. The second kappa shape index (κ2) is 6.95. The Labute approximate surface area is 158 Å². The molecule has 4 aliphatic rings. The van der Waals surface area contributed by atoms with Crippen LogP contribution in [0.1, 0.15) is 12.8 Å². The lowest BCUT2D eigenvalue weighted by Crippen LogP contribution is -2.55. The lowest BCUT2D eigenvalue weighted by molar-refractivity contribution is -0.156. The highest BCUT2D eigenvalue weighted by molar-refractivity contribution is 6.30. The van der Waals surface area contributed by atoms with E-state index in [1.54, 1.807) is 0 Å². The number of carbonyl (C=O) groups is 2. The molecule has 1 heterocycles. The van der Waals surface area contributed by atoms with E-state index in [4.69, 9.17) is 11.6 Å². The molecule has 1 aliphatic heterocycles. The number of piperazine rings is 1. The summed E-state index contributed by atoms with van der Waals surface area (Å²) in [6.45, 7) is 2.71. The molecule has 2 bridgehead atoms. The van der Waals surface area contributed by atoms with E-state index in [0.29, 0.717) is 18.1 Å². The molecule has 26 heavy (non-hydrogen) atoms. The average molecular weight is 375 g/mol. The normalized spacial score (nSPS) is 30.5. The Morgan fingerprint density at radius 3 is 2.23 bits per heavy atom. The molecule has 138 valence electrons. The van der Waals surface area contributed by atoms with Gasteiger partial charge in [-0.1, -0.05) is 29.8 Å². The highest BCUT2D eigenvalue weighted by atomic mass is 35.5. The van der Waals surface area contributed by atoms with Crippen LogP contribution in [0.2, 0.25) is 5.02 Å². The summed E-state index contributed by atoms with van der Waals surface area (Å²) in [5, 5.41) is 10.4. The minimum atomic E-state index is -0.833. The van der Waals surface area contributed by atoms with E-state index in [1.165, 1.54) is 0 Å². The van der Waals surface area contributed by atoms with Gasteiger partial charge in [0.15, 0.2) is 0 Å². The van der Waals surface area contributed by atoms with Gasteiger partial charge in [0.2, 0.25) is 5.91 Å². The molecule has 1 saturated heterocycles. The summed E-state index contributed by atoms with van der Waals surface area (Å²) >= 11 is 6.07. The predicted molar refractivity (Wildman–Crippen MR) is 100 cm³/mol. The van der Waals surface area contributed by atoms with Crippen LogP contribution in [0, 0.1) is 23.7 Å². The van der Waals surface area contributed by atoms with Crippen molar-refractivity contribution in [2.75, 3.05) is 31.1 Å². The van der Waals surface area contributed by atoms with Crippen molar-refractivity contribution in [1.82, 2.24) is 4.90 Å². The Balaban J connectivity index is 1.45. The summed E-state index contributed by atoms with van der Waals surface area (Å²) in [5.74, 6) is -1.73. The minimum Gasteiger partial charge on any atom is -0.481 e. The maximum absolute atomic E-state index is 13.1. The molecule has 5 rings (SSSR count). The van der Waals surface area contributed by atoms with Crippen molar-refractivity contribution in [1.29, 1.82) is 0 Å². The molecule has 0 unspecified atom stereocenters. The van der Waals surface area contributed by atoms with Crippen LogP contribution in [0.5, 0.6) is 0 Å². The van der Waals surface area contributed by atoms with E-state index in [1.807, 2.05) is 35.2 Å². The van der Waals surface area contributed by atoms with Gasteiger partial charge in [-0.05, 0) is 42.9 Å². The number of aliphatic carboxylic acids is 1. The van der Waals surface area contributed by atoms with Crippen molar-refractivity contribution in [2.45, 2.75) is 12.8 Å². The van der Waals surface area contributed by atoms with Crippen LogP contribution < -0.4 is 4.90 Å². The number of benzene rings is 1. The van der Waals surface area contributed by atoms with Gasteiger partial charge in [-0.15, -0.1) is 0 Å². The van der Waals surface area contributed by atoms with Crippen LogP contribution in [0.15, 0.2) is 36.4 Å². The topological polar surface area (TPSA) is 60.9 Å². The molecule has 0 radical (unpaired) electrons. The summed E-state index contributed by atoms with van der Waals surface area (Å²) < 4.78 is 0. The van der Waals surface area contributed by atoms with E-state index in [9.17, 15) is 14.7 Å². The lowest BCUT2D eigenvalue weighted by Gasteiger charge is -2.45. The zero-order chi connectivity index (χ0) is 18.3. The van der Waals surface area contributed by atoms with Crippen molar-refractivity contribution < 1.29 is 14.7 Å². The van der Waals surface area contributed by atoms with Gasteiger partial charge in [0, 0.05) is 36.9 Å². The minimum absolute atomic E-state index is 0.000741. The molecule has 1 saturated carbocycles. The van der Waals surface area contributed by atoms with Crippen molar-refractivity contribution in [2.24, 2.45) is 23.7 Å². The molecule has 4 atom stereocenters. The number of hydrogen-bond acceptors (Lipinski definition) is 3. The zero-order valence-electron chi connectivity index (χ0n) is 14.6. The summed E-state index contributed by atoms with van der Waals surface area (Å²) in [6, 6.07) is 7.74. The molecule has 0 aromatic heterocycles. The van der Waals surface area contributed by atoms with Crippen LogP contribution in [0.25, 0.3) is 0 Å². The molecule has 3 aliphatic carbocycles. The predicted octanol–water partition coefficient (Wildman–Crippen LogP) is 2.90. The first-order chi connectivity index (χ1) is 12.5. The van der Waals surface area contributed by atoms with Crippen molar-refractivity contribution in [3.63, 3.8) is 0 Å². The fraction of sp³-hybridized carbons (Fsp3) is 0.500. The Bertz CT molecular complexity index is 742. The van der Waals surface area contributed by atoms with E-state index >= 15 is 0 Å². The number of anilines is 1. The summed E-state index contributed by atoms with van der Waals surface area (Å²) in [7, 11) is 0. The SMILES string of the molecule is O=C(O)[C@@H]1[C@@H](C(=O)N2CCN(c3cccc(Cl)c3)CC2)[C@H]2C=C[C@@H]1CC2. The number of carbonyl (C=O) groups excluding carboxylic acids is 1. The largest absolute Gasteiger partial charge is 0.481 e. The maximum Gasteiger partial charge on any atom is 0.307 e. The molecule has 1 aromatic carbocycles. The highest BCUT2D eigenvalue weighted by Gasteiger charge is 2.49. The number of carboxylic acids is 1. The second-order valence-electron chi connectivity index (χ2n) is 7.47. The van der Waals surface area contributed by atoms with Gasteiger partial charge in [0.1, 0.15) is 0 Å². The van der Waals surface area contributed by atoms with Crippen LogP contribution in [-0.4, -0.2) is 48.1 Å². The zero-order valence-corrected chi connectivity index (χ0v) is 15.3. The van der Waals surface area contributed by atoms with Gasteiger partial charge < -0.3 is 14.9 Å². The third-order valence-corrected chi connectivity index (χ3v) is 6.32. The van der Waals surface area contributed by atoms with Crippen molar-refractivity contribution >= 4 is 29.2 Å². The first kappa shape index (κ1) is 17.4. The molecule has 1 aromatic rings. The molecule has 0 spiro atoms. The van der Waals surface area contributed by atoms with Gasteiger partial charge in [-0.3, -0.25) is 9.59 Å². The first-order valence-electron chi connectivity index (χ1n) is 9.25. The molecule has 2 fully saturated rings. The third kappa shape index (κ3) is 3.09. The van der Waals surface area contributed by atoms with Gasteiger partial charge >= 0.3 is 5.97 Å². The molecule has 5 nitrogen and oxygen atoms in total. The number of rotatable bonds is 3. The third-order valence-electron chi connectivity index (χ3n) is 6.08. The van der Waals surface area contributed by atoms with Crippen LogP contribution in [0.3, 0.4) is 0 Å². The molecular formula is C20H23ClN2O3. The van der Waals surface area contributed by atoms with Crippen LogP contribution in [-0.2, 0) is 9.59 Å². The van der Waals surface area contributed by atoms with Crippen molar-refractivity contribution in [3.05, 3.63) is 41.4 Å². The number of fused-ring (bicyclic) bond motifs is 2. The number of hydrogen-bond donors (Lipinski definition) is 1. The number of nitrogens with zero attached hydrogens (tertiary/aromatic N) is 2. The monoisotopic (exact) mass is 374 g/mol. The lowest BCUT2D eigenvalue weighted by atomic mass is 9.62. The molecule has 6 heteroatoms. The fourth-order valence-electron chi connectivity index (χ4n) is 4.74. The quantitative estimate of drug-likeness (QED) is 0.826. The van der Waals surface area contributed by atoms with Crippen LogP contribution >= 0.6 is 11.6 Å². The average Bonchev–Trinajstić information content (AvgIpc) is 2.67. The van der Waals surface area contributed by atoms with Crippen LogP contribution in [0.4, 0.5) is 5.69 Å². The van der Waals surface area contributed by atoms with Gasteiger partial charge in [-0.25, -0.2) is 0 Å². The summed E-state index contributed by atoms with van der Waals surface area (Å²) in [6.07, 6.45) is 5.88. The summed E-state index contributed by atoms with van der Waals surface area (Å²) in [4.78, 5) is 29.0. The summed E-state index contributed by atoms with van der Waals surface area (Å²) in [5.41, 5.74) is 1.06. The fourth-order valence-corrected chi connectivity index (χ4v) is 4.92. The van der Waals surface area contributed by atoms with Gasteiger partial charge in [-0.2, -0.15) is 0 Å². The Kier molecular flexibility index (Phi) is 4.65. The van der Waals surface area contributed by atoms with E-state index in [-0.39, 0.29) is 17.7 Å². The Morgan fingerprint density at radius 2 is 1.65 bits per heavy atom.